The van der Waals surface area contributed by atoms with Crippen LogP contribution in [-0.2, 0) is 27.8 Å². The minimum atomic E-state index is -3.76. The quantitative estimate of drug-likeness (QED) is 0.522. The summed E-state index contributed by atoms with van der Waals surface area (Å²) in [5, 5.41) is 2.61. The summed E-state index contributed by atoms with van der Waals surface area (Å²) in [6, 6.07) is 18.6. The van der Waals surface area contributed by atoms with Crippen molar-refractivity contribution in [2.75, 3.05) is 17.3 Å². The maximum absolute atomic E-state index is 13.3. The van der Waals surface area contributed by atoms with E-state index in [4.69, 9.17) is 4.74 Å². The Bertz CT molecular complexity index is 1350. The van der Waals surface area contributed by atoms with Crippen molar-refractivity contribution in [2.45, 2.75) is 37.8 Å². The van der Waals surface area contributed by atoms with Crippen LogP contribution in [-0.4, -0.2) is 33.4 Å². The average molecular weight is 494 g/mol. The Morgan fingerprint density at radius 3 is 2.34 bits per heavy atom. The maximum Gasteiger partial charge on any atom is 0.258 e. The largest absolute Gasteiger partial charge is 0.497 e. The molecule has 0 unspecified atom stereocenters. The molecule has 1 aliphatic heterocycles. The van der Waals surface area contributed by atoms with Crippen molar-refractivity contribution in [2.24, 2.45) is 0 Å². The predicted molar refractivity (Wildman–Crippen MR) is 134 cm³/mol. The van der Waals surface area contributed by atoms with E-state index in [1.54, 1.807) is 36.3 Å². The van der Waals surface area contributed by atoms with E-state index >= 15 is 0 Å². The number of carbonyl (C=O) groups excluding carboxylic acids is 2. The summed E-state index contributed by atoms with van der Waals surface area (Å²) in [5.41, 5.74) is 3.64. The van der Waals surface area contributed by atoms with E-state index in [-0.39, 0.29) is 29.3 Å². The fraction of sp³-hybridized carbons (Fsp3) is 0.231. The number of hydrogen-bond donors (Lipinski definition) is 2. The number of carbonyl (C=O) groups is 2. The molecule has 0 aromatic heterocycles. The zero-order valence-corrected chi connectivity index (χ0v) is 20.6. The first-order valence-electron chi connectivity index (χ1n) is 11.1. The molecule has 8 nitrogen and oxygen atoms in total. The number of ether oxygens (including phenoxy) is 1. The maximum atomic E-state index is 13.3. The minimum Gasteiger partial charge on any atom is -0.497 e. The van der Waals surface area contributed by atoms with E-state index in [9.17, 15) is 18.0 Å². The van der Waals surface area contributed by atoms with Gasteiger partial charge in [0, 0.05) is 36.4 Å². The molecule has 0 bridgehead atoms. The van der Waals surface area contributed by atoms with Gasteiger partial charge in [0.2, 0.25) is 15.9 Å². The van der Waals surface area contributed by atoms with Crippen LogP contribution in [0.5, 0.6) is 5.75 Å². The van der Waals surface area contributed by atoms with Gasteiger partial charge in [-0.1, -0.05) is 12.1 Å². The molecule has 2 amide bonds. The average Bonchev–Trinajstić information content (AvgIpc) is 3.17. The Kier molecular flexibility index (Phi) is 6.90. The molecule has 0 radical (unpaired) electrons. The van der Waals surface area contributed by atoms with Crippen LogP contribution in [0.25, 0.3) is 0 Å². The third-order valence-electron chi connectivity index (χ3n) is 5.87. The van der Waals surface area contributed by atoms with E-state index in [1.165, 1.54) is 31.2 Å². The number of methoxy groups -OCH3 is 1. The first kappa shape index (κ1) is 24.4. The Labute approximate surface area is 205 Å². The predicted octanol–water partition coefficient (Wildman–Crippen LogP) is 3.72. The molecule has 0 saturated heterocycles. The number of rotatable bonds is 7. The van der Waals surface area contributed by atoms with E-state index < -0.39 is 10.0 Å². The van der Waals surface area contributed by atoms with Crippen LogP contribution in [0.4, 0.5) is 11.4 Å². The van der Waals surface area contributed by atoms with Crippen LogP contribution in [0, 0.1) is 0 Å². The van der Waals surface area contributed by atoms with Crippen molar-refractivity contribution in [1.29, 1.82) is 0 Å². The van der Waals surface area contributed by atoms with Gasteiger partial charge in [-0.2, -0.15) is 0 Å². The van der Waals surface area contributed by atoms with Crippen LogP contribution in [0.15, 0.2) is 71.6 Å². The van der Waals surface area contributed by atoms with E-state index in [1.807, 2.05) is 25.1 Å². The Morgan fingerprint density at radius 1 is 1.03 bits per heavy atom. The summed E-state index contributed by atoms with van der Waals surface area (Å²) in [5.74, 6) is 0.329. The second kappa shape index (κ2) is 9.89. The first-order chi connectivity index (χ1) is 16.7. The molecule has 0 aliphatic carbocycles. The summed E-state index contributed by atoms with van der Waals surface area (Å²) < 4.78 is 33.3. The summed E-state index contributed by atoms with van der Waals surface area (Å²) in [7, 11) is -2.19. The van der Waals surface area contributed by atoms with Gasteiger partial charge in [0.15, 0.2) is 0 Å². The fourth-order valence-corrected chi connectivity index (χ4v) is 5.15. The molecule has 0 saturated carbocycles. The van der Waals surface area contributed by atoms with Crippen LogP contribution < -0.4 is 19.7 Å². The summed E-state index contributed by atoms with van der Waals surface area (Å²) in [4.78, 5) is 26.3. The number of anilines is 2. The Hall–Kier alpha value is -3.69. The second-order valence-corrected chi connectivity index (χ2v) is 10.2. The zero-order valence-electron chi connectivity index (χ0n) is 19.7. The lowest BCUT2D eigenvalue weighted by molar-refractivity contribution is -0.114. The zero-order chi connectivity index (χ0) is 25.2. The highest BCUT2D eigenvalue weighted by atomic mass is 32.2. The number of nitrogens with one attached hydrogen (secondary N) is 2. The van der Waals surface area contributed by atoms with Crippen LogP contribution >= 0.6 is 0 Å². The van der Waals surface area contributed by atoms with E-state index in [0.717, 1.165) is 23.2 Å². The van der Waals surface area contributed by atoms with Crippen LogP contribution in [0.3, 0.4) is 0 Å². The van der Waals surface area contributed by atoms with Crippen molar-refractivity contribution < 1.29 is 22.7 Å². The Balaban J connectivity index is 1.50. The molecule has 3 aromatic rings. The van der Waals surface area contributed by atoms with Gasteiger partial charge in [-0.05, 0) is 79.1 Å². The monoisotopic (exact) mass is 493 g/mol. The van der Waals surface area contributed by atoms with Crippen molar-refractivity contribution in [3.63, 3.8) is 0 Å². The normalized spacial score (nSPS) is 14.9. The summed E-state index contributed by atoms with van der Waals surface area (Å²) in [6.45, 7) is 3.45. The fourth-order valence-electron chi connectivity index (χ4n) is 4.13. The van der Waals surface area contributed by atoms with Crippen molar-refractivity contribution in [3.05, 3.63) is 83.4 Å². The Morgan fingerprint density at radius 2 is 1.71 bits per heavy atom. The van der Waals surface area contributed by atoms with Crippen molar-refractivity contribution >= 4 is 33.2 Å². The van der Waals surface area contributed by atoms with Gasteiger partial charge in [0.25, 0.3) is 5.91 Å². The molecule has 2 N–H and O–H groups in total. The van der Waals surface area contributed by atoms with Crippen LogP contribution in [0.2, 0.25) is 0 Å². The number of benzene rings is 3. The number of amides is 2. The van der Waals surface area contributed by atoms with Gasteiger partial charge in [-0.3, -0.25) is 9.59 Å². The number of sulfonamides is 1. The van der Waals surface area contributed by atoms with Crippen LogP contribution in [0.1, 0.15) is 35.3 Å². The highest BCUT2D eigenvalue weighted by molar-refractivity contribution is 7.89. The molecule has 3 aromatic carbocycles. The molecule has 4 rings (SSSR count). The van der Waals surface area contributed by atoms with Gasteiger partial charge < -0.3 is 15.0 Å². The number of fused-ring (bicyclic) bond motifs is 1. The lowest BCUT2D eigenvalue weighted by Crippen LogP contribution is -2.35. The number of nitrogens with zero attached hydrogens (tertiary/aromatic N) is 1. The molecule has 1 aliphatic rings. The standard InChI is InChI=1S/C26H27N3O5S/c1-17-14-21-5-4-19(15-25(21)29(17)26(31)20-6-10-23(34-3)11-7-20)16-27-35(32,33)24-12-8-22(9-13-24)28-18(2)30/h4-13,15,17,27H,14,16H2,1-3H3,(H,28,30)/t17-/m0/s1. The molecular weight excluding hydrogens is 466 g/mol. The smallest absolute Gasteiger partial charge is 0.258 e. The van der Waals surface area contributed by atoms with Gasteiger partial charge >= 0.3 is 0 Å². The third-order valence-corrected chi connectivity index (χ3v) is 7.29. The van der Waals surface area contributed by atoms with Gasteiger partial charge in [0.05, 0.1) is 12.0 Å². The molecule has 9 heteroatoms. The van der Waals surface area contributed by atoms with Gasteiger partial charge in [-0.25, -0.2) is 13.1 Å². The minimum absolute atomic E-state index is 0.0198. The lowest BCUT2D eigenvalue weighted by atomic mass is 10.1. The molecule has 1 heterocycles. The lowest BCUT2D eigenvalue weighted by Gasteiger charge is -2.23. The summed E-state index contributed by atoms with van der Waals surface area (Å²) >= 11 is 0. The number of hydrogen-bond acceptors (Lipinski definition) is 5. The highest BCUT2D eigenvalue weighted by Crippen LogP contribution is 2.34. The third kappa shape index (κ3) is 5.36. The molecular formula is C26H27N3O5S. The van der Waals surface area contributed by atoms with Gasteiger partial charge in [0.1, 0.15) is 5.75 Å². The van der Waals surface area contributed by atoms with Crippen molar-refractivity contribution in [1.82, 2.24) is 4.72 Å². The summed E-state index contributed by atoms with van der Waals surface area (Å²) in [6.07, 6.45) is 0.726. The van der Waals surface area contributed by atoms with E-state index in [0.29, 0.717) is 17.0 Å². The highest BCUT2D eigenvalue weighted by Gasteiger charge is 2.31. The molecule has 35 heavy (non-hydrogen) atoms. The van der Waals surface area contributed by atoms with Crippen molar-refractivity contribution in [3.8, 4) is 5.75 Å². The SMILES string of the molecule is COc1ccc(C(=O)N2c3cc(CNS(=O)(=O)c4ccc(NC(C)=O)cc4)ccc3C[C@@H]2C)cc1. The molecule has 0 spiro atoms. The second-order valence-electron chi connectivity index (χ2n) is 8.45. The van der Waals surface area contributed by atoms with E-state index in [2.05, 4.69) is 10.0 Å². The molecule has 182 valence electrons. The molecule has 0 fully saturated rings. The topological polar surface area (TPSA) is 105 Å². The first-order valence-corrected chi connectivity index (χ1v) is 12.6. The van der Waals surface area contributed by atoms with Gasteiger partial charge in [-0.15, -0.1) is 0 Å². The molecule has 1 atom stereocenters.